The number of aryl methyl sites for hydroxylation is 1. The van der Waals surface area contributed by atoms with Gasteiger partial charge in [-0.25, -0.2) is 4.98 Å². The number of β-amino-alcohol motifs (C(OH)–C–C–N with tert-alkyl or cyclic N) is 1. The van der Waals surface area contributed by atoms with Crippen molar-refractivity contribution in [2.45, 2.75) is 116 Å². The summed E-state index contributed by atoms with van der Waals surface area (Å²) in [5, 5.41) is 20.2. The highest BCUT2D eigenvalue weighted by molar-refractivity contribution is 7.13. The molecule has 4 unspecified atom stereocenters. The zero-order chi connectivity index (χ0) is 64.9. The minimum absolute atomic E-state index is 0.00784. The molecule has 3 aromatic carbocycles. The van der Waals surface area contributed by atoms with E-state index in [0.29, 0.717) is 47.1 Å². The van der Waals surface area contributed by atoms with Gasteiger partial charge in [-0.05, 0) is 174 Å². The Morgan fingerprint density at radius 2 is 1.40 bits per heavy atom. The second kappa shape index (κ2) is 31.9. The molecule has 5 aliphatic heterocycles. The molecule has 0 saturated carbocycles. The molecule has 2 aromatic heterocycles. The lowest BCUT2D eigenvalue weighted by Crippen LogP contribution is -2.59. The number of ether oxygens (including phenoxy) is 2. The van der Waals surface area contributed by atoms with Crippen molar-refractivity contribution in [1.82, 2.24) is 60.2 Å². The van der Waals surface area contributed by atoms with Crippen molar-refractivity contribution < 1.29 is 38.6 Å². The summed E-state index contributed by atoms with van der Waals surface area (Å²) in [7, 11) is 3.82. The van der Waals surface area contributed by atoms with Crippen molar-refractivity contribution in [3.63, 3.8) is 0 Å². The van der Waals surface area contributed by atoms with E-state index < -0.39 is 23.6 Å². The molecule has 10 rings (SSSR count). The standard InChI is InChI=1S/C71H98N12O8S/c1-49(54-11-13-56(14-12-54)66-50(2)74-48-92-66)75-68(87)63-41-58(84)45-83(63)70(89)67(71(3,4)5)76-64(85)46-81-37-35-80(36-38-81)44-51-20-28-79(29-21-51)43-52-22-32-82(33-23-52)65(86)47-90-59-15-17-60(18-16-59)91-61-10-8-9-57(40-61)69(88)77(7)42-53-19-26-73-62(39-53)55-24-30-78(31-25-55)34-27-72-6/h8-19,26,39-40,48-49,51-52,55,58,63,67,72,84H,20-25,27-38,41-47H2,1-7H3,(H,75,87)(H,76,85). The van der Waals surface area contributed by atoms with Crippen LogP contribution in [-0.2, 0) is 25.7 Å². The van der Waals surface area contributed by atoms with E-state index in [2.05, 4.69) is 46.6 Å². The van der Waals surface area contributed by atoms with Crippen LogP contribution in [0.5, 0.6) is 17.2 Å². The summed E-state index contributed by atoms with van der Waals surface area (Å²) in [5.74, 6) is 2.31. The van der Waals surface area contributed by atoms with Crippen molar-refractivity contribution >= 4 is 40.9 Å². The average Bonchev–Trinajstić information content (AvgIpc) is 1.67. The van der Waals surface area contributed by atoms with E-state index in [1.807, 2.05) is 126 Å². The van der Waals surface area contributed by atoms with Gasteiger partial charge in [-0.15, -0.1) is 11.3 Å². The van der Waals surface area contributed by atoms with Crippen LogP contribution in [0, 0.1) is 24.2 Å². The van der Waals surface area contributed by atoms with Gasteiger partial charge in [0.25, 0.3) is 11.8 Å². The number of amides is 5. The number of hydrogen-bond donors (Lipinski definition) is 4. The van der Waals surface area contributed by atoms with Gasteiger partial charge in [0.05, 0.1) is 34.8 Å². The van der Waals surface area contributed by atoms with E-state index in [1.54, 1.807) is 34.4 Å². The Kier molecular flexibility index (Phi) is 23.6. The molecular weight excluding hydrogens is 1180 g/mol. The van der Waals surface area contributed by atoms with Crippen LogP contribution in [0.15, 0.2) is 96.6 Å². The molecular formula is C71H98N12O8S. The first-order valence-electron chi connectivity index (χ1n) is 33.4. The first-order chi connectivity index (χ1) is 44.3. The average molecular weight is 1280 g/mol. The monoisotopic (exact) mass is 1280 g/mol. The van der Waals surface area contributed by atoms with E-state index in [-0.39, 0.29) is 61.7 Å². The van der Waals surface area contributed by atoms with Gasteiger partial charge < -0.3 is 59.9 Å². The van der Waals surface area contributed by atoms with Crippen LogP contribution in [0.1, 0.15) is 117 Å². The topological polar surface area (TPSA) is 209 Å². The van der Waals surface area contributed by atoms with Gasteiger partial charge in [-0.2, -0.15) is 0 Å². The molecule has 20 nitrogen and oxygen atoms in total. The summed E-state index contributed by atoms with van der Waals surface area (Å²) < 4.78 is 12.1. The van der Waals surface area contributed by atoms with Crippen LogP contribution in [0.4, 0.5) is 0 Å². The third-order valence-corrected chi connectivity index (χ3v) is 20.4. The molecule has 5 saturated heterocycles. The molecule has 496 valence electrons. The number of nitrogens with zero attached hydrogens (tertiary/aromatic N) is 9. The number of likely N-dealkylation sites (N-methyl/N-ethyl adjacent to an activating group) is 1. The Morgan fingerprint density at radius 3 is 2.07 bits per heavy atom. The number of carbonyl (C=O) groups excluding carboxylic acids is 5. The number of hydrogen-bond acceptors (Lipinski definition) is 16. The molecule has 7 heterocycles. The van der Waals surface area contributed by atoms with Gasteiger partial charge in [0, 0.05) is 115 Å². The van der Waals surface area contributed by atoms with E-state index in [4.69, 9.17) is 14.5 Å². The van der Waals surface area contributed by atoms with Gasteiger partial charge in [0.2, 0.25) is 17.7 Å². The summed E-state index contributed by atoms with van der Waals surface area (Å²) in [6.45, 7) is 23.5. The van der Waals surface area contributed by atoms with Crippen LogP contribution < -0.4 is 25.4 Å². The quantitative estimate of drug-likeness (QED) is 0.0478. The molecule has 0 radical (unpaired) electrons. The fourth-order valence-corrected chi connectivity index (χ4v) is 14.6. The normalized spacial score (nSPS) is 20.2. The van der Waals surface area contributed by atoms with Crippen molar-refractivity contribution in [2.75, 3.05) is 125 Å². The largest absolute Gasteiger partial charge is 0.484 e. The Balaban J connectivity index is 0.584. The third kappa shape index (κ3) is 18.5. The molecule has 0 spiro atoms. The second-order valence-electron chi connectivity index (χ2n) is 27.4. The Labute approximate surface area is 548 Å². The van der Waals surface area contributed by atoms with Gasteiger partial charge in [0.1, 0.15) is 29.3 Å². The number of thiazole rings is 1. The number of nitrogens with one attached hydrogen (secondary N) is 3. The van der Waals surface area contributed by atoms with E-state index in [1.165, 1.54) is 4.90 Å². The maximum atomic E-state index is 14.3. The molecule has 4 N–H and O–H groups in total. The Bertz CT molecular complexity index is 3240. The van der Waals surface area contributed by atoms with E-state index in [9.17, 15) is 29.1 Å². The fraction of sp³-hybridized carbons (Fsp3) is 0.563. The molecule has 0 aliphatic carbocycles. The number of piperidine rings is 3. The minimum atomic E-state index is -0.886. The van der Waals surface area contributed by atoms with Crippen molar-refractivity contribution in [2.24, 2.45) is 17.3 Å². The van der Waals surface area contributed by atoms with Gasteiger partial charge in [0.15, 0.2) is 6.61 Å². The number of likely N-dealkylation sites (tertiary alicyclic amines) is 4. The number of piperazine rings is 1. The second-order valence-corrected chi connectivity index (χ2v) is 28.2. The maximum absolute atomic E-state index is 14.3. The van der Waals surface area contributed by atoms with Gasteiger partial charge in [-0.1, -0.05) is 51.1 Å². The molecule has 5 amide bonds. The summed E-state index contributed by atoms with van der Waals surface area (Å²) in [6.07, 6.45) is 7.58. The first-order valence-corrected chi connectivity index (χ1v) is 34.3. The predicted octanol–water partition coefficient (Wildman–Crippen LogP) is 7.29. The molecule has 92 heavy (non-hydrogen) atoms. The van der Waals surface area contributed by atoms with E-state index in [0.717, 1.165) is 163 Å². The van der Waals surface area contributed by atoms with Crippen LogP contribution in [0.25, 0.3) is 10.4 Å². The maximum Gasteiger partial charge on any atom is 0.260 e. The van der Waals surface area contributed by atoms with Crippen LogP contribution in [-0.4, -0.2) is 223 Å². The Morgan fingerprint density at radius 1 is 0.750 bits per heavy atom. The van der Waals surface area contributed by atoms with Crippen molar-refractivity contribution in [3.05, 3.63) is 125 Å². The third-order valence-electron chi connectivity index (χ3n) is 19.4. The summed E-state index contributed by atoms with van der Waals surface area (Å²) in [5.41, 5.74) is 6.85. The summed E-state index contributed by atoms with van der Waals surface area (Å²) >= 11 is 1.59. The number of benzene rings is 3. The highest BCUT2D eigenvalue weighted by Crippen LogP contribution is 2.33. The molecule has 5 aromatic rings. The molecule has 4 atom stereocenters. The molecule has 0 bridgehead atoms. The number of aliphatic hydroxyl groups excluding tert-OH is 1. The highest BCUT2D eigenvalue weighted by atomic mass is 32.1. The summed E-state index contributed by atoms with van der Waals surface area (Å²) in [4.78, 5) is 93.9. The molecule has 21 heteroatoms. The number of aromatic nitrogens is 2. The van der Waals surface area contributed by atoms with Crippen LogP contribution in [0.2, 0.25) is 0 Å². The SMILES string of the molecule is CNCCN1CCC(c2cc(CN(C)C(=O)c3cccc(Oc4ccc(OCC(=O)N5CCC(CN6CCC(CN7CCN(CC(=O)NC(C(=O)N8CC(O)CC8C(=O)NC(C)c8ccc(-c9scnc9C)cc8)C(C)(C)C)CC7)CC6)CC5)cc4)c3)ccn2)CC1. The molecule has 5 fully saturated rings. The lowest BCUT2D eigenvalue weighted by Gasteiger charge is -2.40. The number of pyridine rings is 1. The van der Waals surface area contributed by atoms with Gasteiger partial charge >= 0.3 is 0 Å². The number of rotatable bonds is 24. The predicted molar refractivity (Wildman–Crippen MR) is 359 cm³/mol. The van der Waals surface area contributed by atoms with Crippen molar-refractivity contribution in [3.8, 4) is 27.7 Å². The first kappa shape index (κ1) is 68.0. The van der Waals surface area contributed by atoms with Crippen molar-refractivity contribution in [1.29, 1.82) is 0 Å². The fourth-order valence-electron chi connectivity index (χ4n) is 13.8. The van der Waals surface area contributed by atoms with Gasteiger partial charge in [-0.3, -0.25) is 33.9 Å². The molecule has 5 aliphatic rings. The minimum Gasteiger partial charge on any atom is -0.484 e. The van der Waals surface area contributed by atoms with Crippen LogP contribution in [0.3, 0.4) is 0 Å². The van der Waals surface area contributed by atoms with E-state index >= 15 is 0 Å². The zero-order valence-corrected chi connectivity index (χ0v) is 56.0. The van der Waals surface area contributed by atoms with Crippen LogP contribution >= 0.6 is 11.3 Å². The summed E-state index contributed by atoms with van der Waals surface area (Å²) in [6, 6.07) is 24.6. The highest BCUT2D eigenvalue weighted by Gasteiger charge is 2.45. The zero-order valence-electron chi connectivity index (χ0n) is 55.2. The Hall–Kier alpha value is -6.85. The number of carbonyl (C=O) groups is 5. The number of aliphatic hydroxyl groups is 1. The lowest BCUT2D eigenvalue weighted by atomic mass is 9.85. The smallest absolute Gasteiger partial charge is 0.260 e. The lowest BCUT2D eigenvalue weighted by molar-refractivity contribution is -0.144.